The van der Waals surface area contributed by atoms with Gasteiger partial charge in [0.1, 0.15) is 5.75 Å². The summed E-state index contributed by atoms with van der Waals surface area (Å²) >= 11 is 0. The molecular formula is C23H37N3O4. The molecule has 0 amide bonds. The lowest BCUT2D eigenvalue weighted by Crippen LogP contribution is -2.48. The van der Waals surface area contributed by atoms with E-state index in [1.807, 2.05) is 14.0 Å². The second kappa shape index (κ2) is 12.1. The molecule has 2 fully saturated rings. The molecule has 1 aromatic carbocycles. The number of hydrogen-bond donors (Lipinski definition) is 2. The summed E-state index contributed by atoms with van der Waals surface area (Å²) in [5, 5.41) is 6.95. The van der Waals surface area contributed by atoms with E-state index in [2.05, 4.69) is 39.9 Å². The lowest BCUT2D eigenvalue weighted by atomic mass is 9.74. The maximum Gasteiger partial charge on any atom is 0.191 e. The van der Waals surface area contributed by atoms with Crippen molar-refractivity contribution < 1.29 is 18.9 Å². The van der Waals surface area contributed by atoms with Crippen LogP contribution in [0.4, 0.5) is 0 Å². The molecule has 2 heterocycles. The van der Waals surface area contributed by atoms with Crippen LogP contribution in [-0.4, -0.2) is 71.8 Å². The van der Waals surface area contributed by atoms with Crippen molar-refractivity contribution in [3.05, 3.63) is 29.8 Å². The van der Waals surface area contributed by atoms with Gasteiger partial charge in [-0.15, -0.1) is 0 Å². The van der Waals surface area contributed by atoms with Gasteiger partial charge in [0.15, 0.2) is 5.96 Å². The Hall–Kier alpha value is -1.83. The molecule has 0 bridgehead atoms. The molecular weight excluding hydrogens is 382 g/mol. The fraction of sp³-hybridized carbons (Fsp3) is 0.696. The van der Waals surface area contributed by atoms with Crippen LogP contribution in [0.25, 0.3) is 0 Å². The van der Waals surface area contributed by atoms with Crippen LogP contribution in [0.1, 0.15) is 38.2 Å². The van der Waals surface area contributed by atoms with Crippen molar-refractivity contribution in [1.29, 1.82) is 0 Å². The van der Waals surface area contributed by atoms with E-state index in [0.29, 0.717) is 6.61 Å². The van der Waals surface area contributed by atoms with E-state index < -0.39 is 0 Å². The summed E-state index contributed by atoms with van der Waals surface area (Å²) < 4.78 is 22.4. The average Bonchev–Trinajstić information content (AvgIpc) is 3.30. The highest BCUT2D eigenvalue weighted by molar-refractivity contribution is 5.79. The molecule has 1 unspecified atom stereocenters. The number of ether oxygens (including phenoxy) is 4. The van der Waals surface area contributed by atoms with Crippen LogP contribution in [0.15, 0.2) is 29.3 Å². The third-order valence-electron chi connectivity index (χ3n) is 5.90. The lowest BCUT2D eigenvalue weighted by molar-refractivity contribution is 0.0419. The maximum atomic E-state index is 5.82. The molecule has 1 aromatic rings. The zero-order valence-electron chi connectivity index (χ0n) is 18.5. The van der Waals surface area contributed by atoms with E-state index in [1.54, 1.807) is 0 Å². The van der Waals surface area contributed by atoms with E-state index >= 15 is 0 Å². The van der Waals surface area contributed by atoms with Gasteiger partial charge in [0.2, 0.25) is 0 Å². The van der Waals surface area contributed by atoms with Crippen LogP contribution < -0.4 is 15.4 Å². The average molecular weight is 420 g/mol. The highest BCUT2D eigenvalue weighted by Crippen LogP contribution is 2.35. The van der Waals surface area contributed by atoms with Crippen molar-refractivity contribution >= 4 is 5.96 Å². The molecule has 0 radical (unpaired) electrons. The van der Waals surface area contributed by atoms with E-state index in [1.165, 1.54) is 5.56 Å². The zero-order valence-corrected chi connectivity index (χ0v) is 18.5. The van der Waals surface area contributed by atoms with Gasteiger partial charge in [-0.25, -0.2) is 0 Å². The van der Waals surface area contributed by atoms with Gasteiger partial charge in [-0.05, 0) is 50.3 Å². The second-order valence-corrected chi connectivity index (χ2v) is 7.91. The van der Waals surface area contributed by atoms with Crippen LogP contribution >= 0.6 is 0 Å². The Kier molecular flexibility index (Phi) is 9.24. The number of aliphatic imine (C=N–C) groups is 1. The van der Waals surface area contributed by atoms with E-state index in [4.69, 9.17) is 18.9 Å². The van der Waals surface area contributed by atoms with Gasteiger partial charge >= 0.3 is 0 Å². The minimum absolute atomic E-state index is 0.0339. The molecule has 3 rings (SSSR count). The largest absolute Gasteiger partial charge is 0.494 e. The molecule has 2 aliphatic heterocycles. The molecule has 2 N–H and O–H groups in total. The minimum atomic E-state index is 0.0339. The number of guanidine groups is 1. The number of rotatable bonds is 10. The molecule has 7 nitrogen and oxygen atoms in total. The van der Waals surface area contributed by atoms with Gasteiger partial charge in [-0.1, -0.05) is 12.1 Å². The van der Waals surface area contributed by atoms with Crippen molar-refractivity contribution in [2.24, 2.45) is 4.99 Å². The van der Waals surface area contributed by atoms with Crippen LogP contribution in [0.3, 0.4) is 0 Å². The molecule has 1 atom stereocenters. The van der Waals surface area contributed by atoms with Crippen molar-refractivity contribution in [2.75, 3.05) is 59.8 Å². The minimum Gasteiger partial charge on any atom is -0.494 e. The summed E-state index contributed by atoms with van der Waals surface area (Å²) in [6.45, 7) is 8.19. The van der Waals surface area contributed by atoms with Crippen LogP contribution in [0.5, 0.6) is 5.75 Å². The Balaban J connectivity index is 1.48. The lowest BCUT2D eigenvalue weighted by Gasteiger charge is -2.38. The second-order valence-electron chi connectivity index (χ2n) is 7.91. The number of nitrogens with one attached hydrogen (secondary N) is 2. The predicted molar refractivity (Wildman–Crippen MR) is 118 cm³/mol. The summed E-state index contributed by atoms with van der Waals surface area (Å²) in [5.74, 6) is 1.75. The summed E-state index contributed by atoms with van der Waals surface area (Å²) in [7, 11) is 1.81. The number of hydrogen-bond acceptors (Lipinski definition) is 5. The van der Waals surface area contributed by atoms with Crippen molar-refractivity contribution in [3.63, 3.8) is 0 Å². The quantitative estimate of drug-likeness (QED) is 0.345. The van der Waals surface area contributed by atoms with Gasteiger partial charge < -0.3 is 29.6 Å². The third-order valence-corrected chi connectivity index (χ3v) is 5.90. The van der Waals surface area contributed by atoms with Crippen LogP contribution in [0.2, 0.25) is 0 Å². The monoisotopic (exact) mass is 419 g/mol. The fourth-order valence-corrected chi connectivity index (χ4v) is 4.05. The molecule has 0 spiro atoms. The molecule has 7 heteroatoms. The van der Waals surface area contributed by atoms with E-state index in [-0.39, 0.29) is 11.5 Å². The Morgan fingerprint density at radius 3 is 2.60 bits per heavy atom. The summed E-state index contributed by atoms with van der Waals surface area (Å²) in [6, 6.07) is 8.52. The van der Waals surface area contributed by atoms with Gasteiger partial charge in [0.05, 0.1) is 19.3 Å². The van der Waals surface area contributed by atoms with Crippen LogP contribution in [-0.2, 0) is 19.6 Å². The molecule has 30 heavy (non-hydrogen) atoms. The summed E-state index contributed by atoms with van der Waals surface area (Å²) in [6.07, 6.45) is 4.19. The fourth-order valence-electron chi connectivity index (χ4n) is 4.05. The Morgan fingerprint density at radius 2 is 1.93 bits per heavy atom. The van der Waals surface area contributed by atoms with Crippen molar-refractivity contribution in [1.82, 2.24) is 10.6 Å². The molecule has 0 aromatic heterocycles. The zero-order chi connectivity index (χ0) is 21.1. The molecule has 2 saturated heterocycles. The topological polar surface area (TPSA) is 73.3 Å². The Bertz CT molecular complexity index is 638. The predicted octanol–water partition coefficient (Wildman–Crippen LogP) is 2.49. The Labute approximate surface area is 180 Å². The van der Waals surface area contributed by atoms with Gasteiger partial charge in [-0.2, -0.15) is 0 Å². The summed E-state index contributed by atoms with van der Waals surface area (Å²) in [5.41, 5.74) is 1.36. The molecule has 168 valence electrons. The smallest absolute Gasteiger partial charge is 0.191 e. The SMILES string of the molecule is CCOc1ccc(C2(CNC(=NC)NCCCOC3CCOC3)CCOCC2)cc1. The molecule has 2 aliphatic rings. The first-order valence-corrected chi connectivity index (χ1v) is 11.2. The van der Waals surface area contributed by atoms with E-state index in [0.717, 1.165) is 83.5 Å². The molecule has 0 saturated carbocycles. The first-order valence-electron chi connectivity index (χ1n) is 11.2. The normalized spacial score (nSPS) is 21.4. The van der Waals surface area contributed by atoms with E-state index in [9.17, 15) is 0 Å². The molecule has 0 aliphatic carbocycles. The van der Waals surface area contributed by atoms with Gasteiger partial charge in [0, 0.05) is 52.0 Å². The first-order chi connectivity index (χ1) is 14.8. The van der Waals surface area contributed by atoms with Gasteiger partial charge in [0.25, 0.3) is 0 Å². The highest BCUT2D eigenvalue weighted by Gasteiger charge is 2.34. The third kappa shape index (κ3) is 6.59. The van der Waals surface area contributed by atoms with Crippen LogP contribution in [0, 0.1) is 0 Å². The first kappa shape index (κ1) is 22.8. The number of nitrogens with zero attached hydrogens (tertiary/aromatic N) is 1. The maximum absolute atomic E-state index is 5.82. The standard InChI is InChI=1S/C23H37N3O4/c1-3-29-20-7-5-19(6-8-20)23(10-15-27-16-11-23)18-26-22(24-2)25-12-4-13-30-21-9-14-28-17-21/h5-8,21H,3-4,9-18H2,1-2H3,(H2,24,25,26). The van der Waals surface area contributed by atoms with Gasteiger partial charge in [-0.3, -0.25) is 4.99 Å². The van der Waals surface area contributed by atoms with Crippen molar-refractivity contribution in [3.8, 4) is 5.75 Å². The highest BCUT2D eigenvalue weighted by atomic mass is 16.5. The number of benzene rings is 1. The Morgan fingerprint density at radius 1 is 1.13 bits per heavy atom. The van der Waals surface area contributed by atoms with Crippen molar-refractivity contribution in [2.45, 2.75) is 44.1 Å². The summed E-state index contributed by atoms with van der Waals surface area (Å²) in [4.78, 5) is 4.39.